The van der Waals surface area contributed by atoms with Crippen molar-refractivity contribution in [1.29, 1.82) is 0 Å². The van der Waals surface area contributed by atoms with Gasteiger partial charge in [-0.05, 0) is 57.8 Å². The maximum absolute atomic E-state index is 12.7. The molecule has 5 heteroatoms. The molecule has 22 heavy (non-hydrogen) atoms. The van der Waals surface area contributed by atoms with E-state index in [1.54, 1.807) is 6.20 Å². The van der Waals surface area contributed by atoms with Gasteiger partial charge < -0.3 is 5.32 Å². The van der Waals surface area contributed by atoms with Crippen molar-refractivity contribution in [3.05, 3.63) is 29.3 Å². The Morgan fingerprint density at radius 3 is 2.86 bits per heavy atom. The fourth-order valence-corrected chi connectivity index (χ4v) is 4.98. The van der Waals surface area contributed by atoms with Crippen molar-refractivity contribution in [2.45, 2.75) is 38.3 Å². The van der Waals surface area contributed by atoms with Gasteiger partial charge in [0.2, 0.25) is 0 Å². The first-order valence-electron chi connectivity index (χ1n) is 7.96. The number of carbonyl (C=O) groups excluding carboxylic acids is 1. The highest BCUT2D eigenvalue weighted by Crippen LogP contribution is 2.39. The van der Waals surface area contributed by atoms with Crippen LogP contribution in [0.25, 0.3) is 10.2 Å². The molecule has 0 saturated carbocycles. The van der Waals surface area contributed by atoms with E-state index in [1.165, 1.54) is 24.2 Å². The molecule has 2 aromatic heterocycles. The molecular formula is C17H21N3OS. The molecule has 116 valence electrons. The van der Waals surface area contributed by atoms with Crippen molar-refractivity contribution in [1.82, 2.24) is 15.2 Å². The molecule has 0 aromatic carbocycles. The average Bonchev–Trinajstić information content (AvgIpc) is 2.95. The van der Waals surface area contributed by atoms with Gasteiger partial charge in [-0.15, -0.1) is 11.3 Å². The molecule has 0 spiro atoms. The third-order valence-corrected chi connectivity index (χ3v) is 6.45. The van der Waals surface area contributed by atoms with Crippen molar-refractivity contribution >= 4 is 27.5 Å². The van der Waals surface area contributed by atoms with Gasteiger partial charge in [0.15, 0.2) is 0 Å². The number of piperidine rings is 3. The summed E-state index contributed by atoms with van der Waals surface area (Å²) in [5, 5.41) is 4.37. The fraction of sp³-hybridized carbons (Fsp3) is 0.529. The molecular weight excluding hydrogens is 294 g/mol. The predicted molar refractivity (Wildman–Crippen MR) is 89.3 cm³/mol. The largest absolute Gasteiger partial charge is 0.346 e. The first-order valence-corrected chi connectivity index (χ1v) is 8.78. The highest BCUT2D eigenvalue weighted by atomic mass is 32.1. The minimum absolute atomic E-state index is 0.0474. The summed E-state index contributed by atoms with van der Waals surface area (Å²) < 4.78 is 0. The Bertz CT molecular complexity index is 683. The SMILES string of the molecule is CC1(C)[C@@H](NC(=O)c2cc3cccnc3s2)C2CCN1CC2. The van der Waals surface area contributed by atoms with Crippen molar-refractivity contribution in [3.63, 3.8) is 0 Å². The van der Waals surface area contributed by atoms with Crippen LogP contribution in [-0.2, 0) is 0 Å². The molecule has 2 aromatic rings. The maximum atomic E-state index is 12.7. The number of hydrogen-bond acceptors (Lipinski definition) is 4. The van der Waals surface area contributed by atoms with Gasteiger partial charge in [0.1, 0.15) is 4.83 Å². The van der Waals surface area contributed by atoms with Crippen LogP contribution >= 0.6 is 11.3 Å². The number of rotatable bonds is 2. The van der Waals surface area contributed by atoms with Crippen LogP contribution in [0.1, 0.15) is 36.4 Å². The molecule has 0 aliphatic carbocycles. The molecule has 1 atom stereocenters. The molecule has 3 saturated heterocycles. The number of amides is 1. The fourth-order valence-electron chi connectivity index (χ4n) is 4.07. The van der Waals surface area contributed by atoms with Crippen molar-refractivity contribution in [3.8, 4) is 0 Å². The van der Waals surface area contributed by atoms with Crippen LogP contribution < -0.4 is 5.32 Å². The molecule has 3 aliphatic rings. The third-order valence-electron chi connectivity index (χ3n) is 5.39. The van der Waals surface area contributed by atoms with E-state index in [2.05, 4.69) is 29.0 Å². The number of carbonyl (C=O) groups is 1. The normalized spacial score (nSPS) is 29.6. The molecule has 3 aliphatic heterocycles. The number of pyridine rings is 1. The van der Waals surface area contributed by atoms with Gasteiger partial charge >= 0.3 is 0 Å². The molecule has 5 rings (SSSR count). The number of aromatic nitrogens is 1. The minimum Gasteiger partial charge on any atom is -0.346 e. The van der Waals surface area contributed by atoms with E-state index in [9.17, 15) is 4.79 Å². The summed E-state index contributed by atoms with van der Waals surface area (Å²) in [6.45, 7) is 6.85. The second-order valence-corrected chi connectivity index (χ2v) is 7.97. The summed E-state index contributed by atoms with van der Waals surface area (Å²) >= 11 is 1.48. The van der Waals surface area contributed by atoms with Crippen molar-refractivity contribution < 1.29 is 4.79 Å². The lowest BCUT2D eigenvalue weighted by Crippen LogP contribution is -2.69. The Labute approximate surface area is 134 Å². The van der Waals surface area contributed by atoms with Gasteiger partial charge in [0.25, 0.3) is 5.91 Å². The zero-order valence-electron chi connectivity index (χ0n) is 13.0. The van der Waals surface area contributed by atoms with Crippen LogP contribution in [0.4, 0.5) is 0 Å². The van der Waals surface area contributed by atoms with E-state index >= 15 is 0 Å². The van der Waals surface area contributed by atoms with E-state index in [1.807, 2.05) is 18.2 Å². The van der Waals surface area contributed by atoms with Gasteiger partial charge in [-0.25, -0.2) is 4.98 Å². The van der Waals surface area contributed by atoms with E-state index in [0.717, 1.165) is 28.2 Å². The zero-order chi connectivity index (χ0) is 15.3. The monoisotopic (exact) mass is 315 g/mol. The first kappa shape index (κ1) is 14.2. The second-order valence-electron chi connectivity index (χ2n) is 6.94. The Balaban J connectivity index is 1.58. The topological polar surface area (TPSA) is 45.2 Å². The van der Waals surface area contributed by atoms with E-state index in [0.29, 0.717) is 5.92 Å². The number of fused-ring (bicyclic) bond motifs is 4. The van der Waals surface area contributed by atoms with E-state index in [4.69, 9.17) is 0 Å². The van der Waals surface area contributed by atoms with Crippen LogP contribution in [0.2, 0.25) is 0 Å². The Morgan fingerprint density at radius 1 is 1.41 bits per heavy atom. The first-order chi connectivity index (χ1) is 10.6. The third kappa shape index (κ3) is 2.15. The lowest BCUT2D eigenvalue weighted by atomic mass is 9.72. The summed E-state index contributed by atoms with van der Waals surface area (Å²) in [7, 11) is 0. The molecule has 5 heterocycles. The molecule has 2 bridgehead atoms. The lowest BCUT2D eigenvalue weighted by molar-refractivity contribution is -0.0377. The smallest absolute Gasteiger partial charge is 0.261 e. The highest BCUT2D eigenvalue weighted by molar-refractivity contribution is 7.20. The van der Waals surface area contributed by atoms with Gasteiger partial charge in [0, 0.05) is 23.2 Å². The van der Waals surface area contributed by atoms with Crippen LogP contribution in [0.3, 0.4) is 0 Å². The average molecular weight is 315 g/mol. The van der Waals surface area contributed by atoms with E-state index in [-0.39, 0.29) is 17.5 Å². The van der Waals surface area contributed by atoms with Gasteiger partial charge in [-0.2, -0.15) is 0 Å². The minimum atomic E-state index is 0.0474. The molecule has 1 amide bonds. The Kier molecular flexibility index (Phi) is 3.24. The Hall–Kier alpha value is -1.46. The molecule has 0 radical (unpaired) electrons. The number of nitrogens with zero attached hydrogens (tertiary/aromatic N) is 2. The van der Waals surface area contributed by atoms with Crippen molar-refractivity contribution in [2.24, 2.45) is 5.92 Å². The van der Waals surface area contributed by atoms with Crippen molar-refractivity contribution in [2.75, 3.05) is 13.1 Å². The maximum Gasteiger partial charge on any atom is 0.261 e. The standard InChI is InChI=1S/C17H21N3OS/c1-17(2)14(11-5-8-20(17)9-6-11)19-15(21)13-10-12-4-3-7-18-16(12)22-13/h3-4,7,10-11,14H,5-6,8-9H2,1-2H3,(H,19,21)/t14-/m0/s1. The van der Waals surface area contributed by atoms with Crippen LogP contribution in [0.5, 0.6) is 0 Å². The second kappa shape index (κ2) is 5.03. The molecule has 3 fully saturated rings. The summed E-state index contributed by atoms with van der Waals surface area (Å²) in [6.07, 6.45) is 4.17. The van der Waals surface area contributed by atoms with Gasteiger partial charge in [0.05, 0.1) is 4.88 Å². The number of hydrogen-bond donors (Lipinski definition) is 1. The number of thiophene rings is 1. The van der Waals surface area contributed by atoms with E-state index < -0.39 is 0 Å². The van der Waals surface area contributed by atoms with Crippen LogP contribution in [0, 0.1) is 5.92 Å². The van der Waals surface area contributed by atoms with Gasteiger partial charge in [-0.1, -0.05) is 6.07 Å². The summed E-state index contributed by atoms with van der Waals surface area (Å²) in [4.78, 5) is 21.2. The zero-order valence-corrected chi connectivity index (χ0v) is 13.8. The predicted octanol–water partition coefficient (Wildman–Crippen LogP) is 2.90. The summed E-state index contributed by atoms with van der Waals surface area (Å²) in [5.41, 5.74) is 0.0474. The number of nitrogens with one attached hydrogen (secondary N) is 1. The molecule has 4 nitrogen and oxygen atoms in total. The van der Waals surface area contributed by atoms with Crippen LogP contribution in [0.15, 0.2) is 24.4 Å². The van der Waals surface area contributed by atoms with Gasteiger partial charge in [-0.3, -0.25) is 9.69 Å². The summed E-state index contributed by atoms with van der Waals surface area (Å²) in [5.74, 6) is 0.659. The molecule has 0 unspecified atom stereocenters. The van der Waals surface area contributed by atoms with Crippen LogP contribution in [-0.4, -0.2) is 40.5 Å². The molecule has 1 N–H and O–H groups in total. The summed E-state index contributed by atoms with van der Waals surface area (Å²) in [6, 6.07) is 6.11. The lowest BCUT2D eigenvalue weighted by Gasteiger charge is -2.56. The highest BCUT2D eigenvalue weighted by Gasteiger charge is 2.48. The Morgan fingerprint density at radius 2 is 2.18 bits per heavy atom. The quantitative estimate of drug-likeness (QED) is 0.927.